The minimum absolute atomic E-state index is 0.000170. The Morgan fingerprint density at radius 2 is 2.06 bits per heavy atom. The van der Waals surface area contributed by atoms with Crippen molar-refractivity contribution in [3.8, 4) is 0 Å². The molecule has 3 heterocycles. The Morgan fingerprint density at radius 1 is 1.31 bits per heavy atom. The highest BCUT2D eigenvalue weighted by atomic mass is 32.2. The summed E-state index contributed by atoms with van der Waals surface area (Å²) >= 11 is 0. The first-order valence-electron chi connectivity index (χ1n) is 9.25. The second kappa shape index (κ2) is 7.55. The van der Waals surface area contributed by atoms with Crippen LogP contribution in [0.3, 0.4) is 0 Å². The number of hydrogen-bond acceptors (Lipinski definition) is 8. The minimum atomic E-state index is -4.67. The molecule has 1 atom stereocenters. The van der Waals surface area contributed by atoms with Crippen LogP contribution < -0.4 is 10.6 Å². The van der Waals surface area contributed by atoms with Crippen LogP contribution in [0.4, 0.5) is 24.7 Å². The SMILES string of the molecule is CCS(=O)(=O)C1=C2C=C(n3cncn3)N=C(C(=O)Nc3cc(C(F)(F)F)cnc3NC)C21. The van der Waals surface area contributed by atoms with Crippen molar-refractivity contribution in [2.24, 2.45) is 10.9 Å². The monoisotopic (exact) mass is 467 g/mol. The standard InChI is InChI=1S/C18H16F3N7O3S/c1-3-32(30,31)15-10-5-12(28-8-23-7-25-28)27-14(13(10)15)17(29)26-11-4-9(18(19,20)21)6-24-16(11)22-2/h4-8,13H,3H2,1-2H3,(H,22,24)(H,26,29). The van der Waals surface area contributed by atoms with Crippen LogP contribution in [-0.4, -0.2) is 52.6 Å². The van der Waals surface area contributed by atoms with Crippen LogP contribution in [0.1, 0.15) is 12.5 Å². The molecule has 1 aliphatic carbocycles. The molecule has 0 aromatic carbocycles. The normalized spacial score (nSPS) is 18.0. The van der Waals surface area contributed by atoms with Crippen molar-refractivity contribution in [3.63, 3.8) is 0 Å². The van der Waals surface area contributed by atoms with E-state index in [1.165, 1.54) is 37.4 Å². The fraction of sp³-hybridized carbons (Fsp3) is 0.278. The average molecular weight is 467 g/mol. The summed E-state index contributed by atoms with van der Waals surface area (Å²) in [6.45, 7) is 1.47. The molecule has 4 rings (SSSR count). The topological polar surface area (TPSA) is 131 Å². The average Bonchev–Trinajstić information content (AvgIpc) is 3.23. The van der Waals surface area contributed by atoms with Gasteiger partial charge in [0, 0.05) is 13.2 Å². The zero-order valence-electron chi connectivity index (χ0n) is 16.7. The Kier molecular flexibility index (Phi) is 5.11. The van der Waals surface area contributed by atoms with Gasteiger partial charge in [-0.2, -0.15) is 18.3 Å². The predicted molar refractivity (Wildman–Crippen MR) is 109 cm³/mol. The highest BCUT2D eigenvalue weighted by Gasteiger charge is 2.50. The molecular weight excluding hydrogens is 451 g/mol. The van der Waals surface area contributed by atoms with Gasteiger partial charge in [-0.25, -0.2) is 28.1 Å². The molecule has 2 aromatic heterocycles. The van der Waals surface area contributed by atoms with Gasteiger partial charge in [0.15, 0.2) is 15.7 Å². The number of rotatable bonds is 6. The van der Waals surface area contributed by atoms with Crippen molar-refractivity contribution in [2.75, 3.05) is 23.4 Å². The number of sulfone groups is 1. The molecule has 10 nitrogen and oxygen atoms in total. The number of nitrogens with zero attached hydrogens (tertiary/aromatic N) is 5. The first-order chi connectivity index (χ1) is 15.1. The number of halogens is 3. The first kappa shape index (κ1) is 21.7. The summed E-state index contributed by atoms with van der Waals surface area (Å²) in [5.74, 6) is -1.76. The molecule has 2 aromatic rings. The zero-order chi connectivity index (χ0) is 23.3. The zero-order valence-corrected chi connectivity index (χ0v) is 17.5. The van der Waals surface area contributed by atoms with Gasteiger partial charge in [0.2, 0.25) is 0 Å². The summed E-state index contributed by atoms with van der Waals surface area (Å²) < 4.78 is 65.4. The van der Waals surface area contributed by atoms with Gasteiger partial charge < -0.3 is 10.6 Å². The van der Waals surface area contributed by atoms with Crippen molar-refractivity contribution in [1.82, 2.24) is 19.7 Å². The number of aliphatic imine (C=N–C) groups is 1. The van der Waals surface area contributed by atoms with Crippen molar-refractivity contribution in [3.05, 3.63) is 47.0 Å². The molecule has 1 amide bonds. The summed E-state index contributed by atoms with van der Waals surface area (Å²) in [6.07, 6.45) is 0.0114. The molecule has 0 saturated carbocycles. The summed E-state index contributed by atoms with van der Waals surface area (Å²) in [5, 5.41) is 8.90. The number of aromatic nitrogens is 4. The Bertz CT molecular complexity index is 1300. The Labute approximate surface area is 179 Å². The van der Waals surface area contributed by atoms with Gasteiger partial charge in [-0.15, -0.1) is 0 Å². The van der Waals surface area contributed by atoms with E-state index in [0.29, 0.717) is 11.8 Å². The predicted octanol–water partition coefficient (Wildman–Crippen LogP) is 1.94. The van der Waals surface area contributed by atoms with Crippen molar-refractivity contribution >= 4 is 38.8 Å². The molecule has 2 aliphatic rings. The molecule has 0 radical (unpaired) electrons. The van der Waals surface area contributed by atoms with Crippen molar-refractivity contribution in [1.29, 1.82) is 0 Å². The van der Waals surface area contributed by atoms with E-state index < -0.39 is 33.4 Å². The van der Waals surface area contributed by atoms with E-state index in [1.54, 1.807) is 0 Å². The highest BCUT2D eigenvalue weighted by molar-refractivity contribution is 7.95. The summed E-state index contributed by atoms with van der Waals surface area (Å²) in [4.78, 5) is 24.8. The van der Waals surface area contributed by atoms with Crippen LogP contribution in [0.2, 0.25) is 0 Å². The van der Waals surface area contributed by atoms with E-state index in [1.807, 2.05) is 0 Å². The molecule has 0 fully saturated rings. The number of carbonyl (C=O) groups is 1. The van der Waals surface area contributed by atoms with Gasteiger partial charge in [0.05, 0.1) is 27.8 Å². The number of pyridine rings is 1. The lowest BCUT2D eigenvalue weighted by Crippen LogP contribution is -2.29. The van der Waals surface area contributed by atoms with Gasteiger partial charge in [-0.05, 0) is 17.7 Å². The maximum Gasteiger partial charge on any atom is 0.417 e. The van der Waals surface area contributed by atoms with Gasteiger partial charge >= 0.3 is 6.18 Å². The third-order valence-electron chi connectivity index (χ3n) is 4.87. The van der Waals surface area contributed by atoms with E-state index in [9.17, 15) is 26.4 Å². The van der Waals surface area contributed by atoms with Crippen LogP contribution in [0.15, 0.2) is 46.5 Å². The number of fused-ring (bicyclic) bond motifs is 1. The van der Waals surface area contributed by atoms with E-state index in [4.69, 9.17) is 0 Å². The molecular formula is C18H16F3N7O3S. The maximum absolute atomic E-state index is 13.1. The van der Waals surface area contributed by atoms with E-state index in [0.717, 1.165) is 6.07 Å². The third-order valence-corrected chi connectivity index (χ3v) is 6.77. The Balaban J connectivity index is 1.72. The molecule has 0 spiro atoms. The van der Waals surface area contributed by atoms with Gasteiger partial charge in [-0.3, -0.25) is 4.79 Å². The number of anilines is 2. The lowest BCUT2D eigenvalue weighted by molar-refractivity contribution is -0.137. The largest absolute Gasteiger partial charge is 0.417 e. The van der Waals surface area contributed by atoms with Crippen LogP contribution in [0.25, 0.3) is 5.82 Å². The fourth-order valence-electron chi connectivity index (χ4n) is 3.24. The number of nitrogens with one attached hydrogen (secondary N) is 2. The molecule has 2 N–H and O–H groups in total. The molecule has 32 heavy (non-hydrogen) atoms. The number of allylic oxidation sites excluding steroid dienone is 3. The van der Waals surface area contributed by atoms with Gasteiger partial charge in [0.25, 0.3) is 5.91 Å². The number of amides is 1. The van der Waals surface area contributed by atoms with E-state index >= 15 is 0 Å². The maximum atomic E-state index is 13.1. The quantitative estimate of drug-likeness (QED) is 0.664. The molecule has 168 valence electrons. The Hall–Kier alpha value is -3.55. The molecule has 0 bridgehead atoms. The van der Waals surface area contributed by atoms with Gasteiger partial charge in [-0.1, -0.05) is 6.92 Å². The lowest BCUT2D eigenvalue weighted by Gasteiger charge is -2.16. The Morgan fingerprint density at radius 3 is 2.66 bits per heavy atom. The molecule has 14 heteroatoms. The number of alkyl halides is 3. The second-order valence-electron chi connectivity index (χ2n) is 6.82. The number of carbonyl (C=O) groups excluding carboxylic acids is 1. The summed E-state index contributed by atoms with van der Waals surface area (Å²) in [6, 6.07) is 0.735. The molecule has 0 saturated heterocycles. The molecule has 1 unspecified atom stereocenters. The van der Waals surface area contributed by atoms with E-state index in [-0.39, 0.29) is 33.7 Å². The summed E-state index contributed by atoms with van der Waals surface area (Å²) in [5.41, 5.74) is -1.08. The van der Waals surface area contributed by atoms with Gasteiger partial charge in [0.1, 0.15) is 24.2 Å². The smallest absolute Gasteiger partial charge is 0.371 e. The van der Waals surface area contributed by atoms with Crippen LogP contribution >= 0.6 is 0 Å². The van der Waals surface area contributed by atoms with Crippen molar-refractivity contribution < 1.29 is 26.4 Å². The van der Waals surface area contributed by atoms with Crippen molar-refractivity contribution in [2.45, 2.75) is 13.1 Å². The summed E-state index contributed by atoms with van der Waals surface area (Å²) in [7, 11) is -2.19. The number of hydrogen-bond donors (Lipinski definition) is 2. The second-order valence-corrected chi connectivity index (χ2v) is 9.06. The van der Waals surface area contributed by atoms with Crippen LogP contribution in [0, 0.1) is 5.92 Å². The lowest BCUT2D eigenvalue weighted by atomic mass is 10.1. The third kappa shape index (κ3) is 3.77. The highest BCUT2D eigenvalue weighted by Crippen LogP contribution is 2.49. The fourth-order valence-corrected chi connectivity index (χ4v) is 4.63. The molecule has 1 aliphatic heterocycles. The van der Waals surface area contributed by atoms with E-state index in [2.05, 4.69) is 30.7 Å². The van der Waals surface area contributed by atoms with Crippen LogP contribution in [0.5, 0.6) is 0 Å². The minimum Gasteiger partial charge on any atom is -0.371 e. The van der Waals surface area contributed by atoms with Crippen LogP contribution in [-0.2, 0) is 20.8 Å². The first-order valence-corrected chi connectivity index (χ1v) is 10.9.